The maximum absolute atomic E-state index is 6.79. The zero-order chi connectivity index (χ0) is 29.3. The van der Waals surface area contributed by atoms with Crippen LogP contribution in [-0.4, -0.2) is 42.3 Å². The van der Waals surface area contributed by atoms with Crippen molar-refractivity contribution < 1.29 is 16.5 Å². The van der Waals surface area contributed by atoms with Crippen molar-refractivity contribution in [2.75, 3.05) is 0 Å². The lowest BCUT2D eigenvalue weighted by atomic mass is 10.0. The molecule has 0 radical (unpaired) electrons. The second kappa shape index (κ2) is 19.2. The molecular formula is C29H70O4Si5. The molecule has 0 aliphatic heterocycles. The molecule has 38 heavy (non-hydrogen) atoms. The highest BCUT2D eigenvalue weighted by Crippen LogP contribution is 2.28. The Labute approximate surface area is 245 Å². The van der Waals surface area contributed by atoms with Gasteiger partial charge in [0.05, 0.1) is 0 Å². The molecule has 0 aliphatic rings. The Morgan fingerprint density at radius 2 is 0.632 bits per heavy atom. The molecule has 9 heteroatoms. The lowest BCUT2D eigenvalue weighted by molar-refractivity contribution is 0.299. The van der Waals surface area contributed by atoms with Crippen LogP contribution in [0.25, 0.3) is 0 Å². The maximum Gasteiger partial charge on any atom is 0.314 e. The van der Waals surface area contributed by atoms with Crippen LogP contribution in [0.3, 0.4) is 0 Å². The molecule has 0 saturated carbocycles. The highest BCUT2D eigenvalue weighted by molar-refractivity contribution is 6.90. The van der Waals surface area contributed by atoms with Crippen molar-refractivity contribution in [2.24, 2.45) is 0 Å². The van der Waals surface area contributed by atoms with Crippen LogP contribution >= 0.6 is 0 Å². The van der Waals surface area contributed by atoms with Crippen molar-refractivity contribution in [1.82, 2.24) is 0 Å². The molecule has 0 aliphatic carbocycles. The topological polar surface area (TPSA) is 36.9 Å². The zero-order valence-electron chi connectivity index (χ0n) is 28.2. The minimum absolute atomic E-state index is 1.23. The van der Waals surface area contributed by atoms with E-state index in [0.29, 0.717) is 0 Å². The summed E-state index contributed by atoms with van der Waals surface area (Å²) in [4.78, 5) is 0. The molecule has 0 bridgehead atoms. The summed E-state index contributed by atoms with van der Waals surface area (Å²) in [5.74, 6) is 0. The Hall–Kier alpha value is 0.924. The molecule has 0 saturated heterocycles. The third-order valence-electron chi connectivity index (χ3n) is 6.69. The summed E-state index contributed by atoms with van der Waals surface area (Å²) in [5, 5.41) is 0. The Morgan fingerprint density at radius 1 is 0.342 bits per heavy atom. The molecule has 0 amide bonds. The largest absolute Gasteiger partial charge is 0.437 e. The quantitative estimate of drug-likeness (QED) is 0.0749. The standard InChI is InChI=1S/C29H70O4Si5/c1-13-14-15-16-17-18-19-20-21-22-23-24-25-26-27-28-29-35(5,6)31-37(9,10)33-38(11,12)32-36(7,8)30-34(2,3)4/h13-29H2,1-12H3. The molecule has 0 N–H and O–H groups in total. The van der Waals surface area contributed by atoms with Crippen molar-refractivity contribution in [3.05, 3.63) is 0 Å². The smallest absolute Gasteiger partial charge is 0.314 e. The van der Waals surface area contributed by atoms with Gasteiger partial charge in [0.1, 0.15) is 0 Å². The van der Waals surface area contributed by atoms with Gasteiger partial charge in [0.25, 0.3) is 0 Å². The van der Waals surface area contributed by atoms with Crippen molar-refractivity contribution >= 4 is 42.3 Å². The van der Waals surface area contributed by atoms with Gasteiger partial charge in [-0.25, -0.2) is 0 Å². The van der Waals surface area contributed by atoms with E-state index in [1.54, 1.807) is 0 Å². The number of hydrogen-bond acceptors (Lipinski definition) is 4. The predicted octanol–water partition coefficient (Wildman–Crippen LogP) is 11.5. The van der Waals surface area contributed by atoms with E-state index >= 15 is 0 Å². The minimum Gasteiger partial charge on any atom is -0.437 e. The van der Waals surface area contributed by atoms with E-state index in [0.717, 1.165) is 0 Å². The van der Waals surface area contributed by atoms with Gasteiger partial charge < -0.3 is 16.5 Å². The van der Waals surface area contributed by atoms with Gasteiger partial charge in [-0.3, -0.25) is 0 Å². The molecule has 0 rings (SSSR count). The van der Waals surface area contributed by atoms with Gasteiger partial charge >= 0.3 is 25.7 Å². The molecule has 0 atom stereocenters. The van der Waals surface area contributed by atoms with Gasteiger partial charge in [0.15, 0.2) is 16.6 Å². The second-order valence-corrected chi connectivity index (χ2v) is 34.4. The Kier molecular flexibility index (Phi) is 19.6. The fourth-order valence-electron chi connectivity index (χ4n) is 5.80. The summed E-state index contributed by atoms with van der Waals surface area (Å²) >= 11 is 0. The SMILES string of the molecule is CCCCCCCCCCCCCCCCCC[Si](C)(C)O[Si](C)(C)O[Si](C)(C)O[Si](C)(C)O[Si](C)(C)C. The average molecular weight is 623 g/mol. The van der Waals surface area contributed by atoms with Crippen molar-refractivity contribution in [3.8, 4) is 0 Å². The van der Waals surface area contributed by atoms with Gasteiger partial charge in [-0.15, -0.1) is 0 Å². The molecule has 0 aromatic carbocycles. The highest BCUT2D eigenvalue weighted by atomic mass is 28.5. The van der Waals surface area contributed by atoms with Crippen LogP contribution < -0.4 is 0 Å². The van der Waals surface area contributed by atoms with Crippen LogP contribution in [0, 0.1) is 0 Å². The van der Waals surface area contributed by atoms with Crippen molar-refractivity contribution in [1.29, 1.82) is 0 Å². The zero-order valence-corrected chi connectivity index (χ0v) is 33.2. The fourth-order valence-corrected chi connectivity index (χ4v) is 29.6. The highest BCUT2D eigenvalue weighted by Gasteiger charge is 2.45. The first-order valence-electron chi connectivity index (χ1n) is 16.2. The van der Waals surface area contributed by atoms with Gasteiger partial charge in [-0.1, -0.05) is 110 Å². The van der Waals surface area contributed by atoms with E-state index < -0.39 is 42.3 Å². The first-order valence-corrected chi connectivity index (χ1v) is 31.2. The summed E-state index contributed by atoms with van der Waals surface area (Å²) in [5.41, 5.74) is 0. The van der Waals surface area contributed by atoms with Crippen LogP contribution in [0.15, 0.2) is 0 Å². The van der Waals surface area contributed by atoms with Crippen molar-refractivity contribution in [2.45, 2.75) is 188 Å². The van der Waals surface area contributed by atoms with Gasteiger partial charge in [-0.2, -0.15) is 0 Å². The first kappa shape index (κ1) is 38.9. The molecule has 0 heterocycles. The second-order valence-electron chi connectivity index (χ2n) is 14.5. The lowest BCUT2D eigenvalue weighted by Gasteiger charge is -2.42. The Balaban J connectivity index is 4.03. The maximum atomic E-state index is 6.79. The first-order chi connectivity index (χ1) is 17.4. The van der Waals surface area contributed by atoms with Crippen LogP contribution in [0.1, 0.15) is 110 Å². The minimum atomic E-state index is -2.33. The molecule has 0 spiro atoms. The van der Waals surface area contributed by atoms with Crippen LogP contribution in [0.5, 0.6) is 0 Å². The normalized spacial score (nSPS) is 13.9. The molecule has 0 fully saturated rings. The molecule has 0 aromatic heterocycles. The van der Waals surface area contributed by atoms with Gasteiger partial charge in [0, 0.05) is 0 Å². The molecular weight excluding hydrogens is 553 g/mol. The number of hydrogen-bond donors (Lipinski definition) is 0. The third kappa shape index (κ3) is 24.7. The Bertz CT molecular complexity index is 592. The predicted molar refractivity (Wildman–Crippen MR) is 182 cm³/mol. The monoisotopic (exact) mass is 622 g/mol. The van der Waals surface area contributed by atoms with Crippen LogP contribution in [0.4, 0.5) is 0 Å². The summed E-state index contributed by atoms with van der Waals surface area (Å²) < 4.78 is 26.5. The molecule has 230 valence electrons. The summed E-state index contributed by atoms with van der Waals surface area (Å²) in [7, 11) is -10.2. The number of unbranched alkanes of at least 4 members (excludes halogenated alkanes) is 15. The van der Waals surface area contributed by atoms with E-state index in [1.807, 2.05) is 0 Å². The summed E-state index contributed by atoms with van der Waals surface area (Å²) in [6.07, 6.45) is 22.7. The van der Waals surface area contributed by atoms with Crippen LogP contribution in [0.2, 0.25) is 78.1 Å². The van der Waals surface area contributed by atoms with Gasteiger partial charge in [-0.05, 0) is 78.1 Å². The van der Waals surface area contributed by atoms with Crippen LogP contribution in [-0.2, 0) is 16.5 Å². The average Bonchev–Trinajstić information content (AvgIpc) is 2.68. The van der Waals surface area contributed by atoms with E-state index in [1.165, 1.54) is 109 Å². The summed E-state index contributed by atoms with van der Waals surface area (Å²) in [6.45, 7) is 26.8. The molecule has 0 aromatic rings. The van der Waals surface area contributed by atoms with E-state index in [2.05, 4.69) is 78.9 Å². The molecule has 4 nitrogen and oxygen atoms in total. The number of rotatable bonds is 25. The van der Waals surface area contributed by atoms with Crippen molar-refractivity contribution in [3.63, 3.8) is 0 Å². The van der Waals surface area contributed by atoms with E-state index in [-0.39, 0.29) is 0 Å². The van der Waals surface area contributed by atoms with Gasteiger partial charge in [0.2, 0.25) is 0 Å². The summed E-state index contributed by atoms with van der Waals surface area (Å²) in [6, 6.07) is 1.23. The van der Waals surface area contributed by atoms with E-state index in [9.17, 15) is 0 Å². The third-order valence-corrected chi connectivity index (χ3v) is 24.7. The Morgan fingerprint density at radius 3 is 0.974 bits per heavy atom. The fraction of sp³-hybridized carbons (Fsp3) is 1.00. The lowest BCUT2D eigenvalue weighted by Crippen LogP contribution is -2.58. The molecule has 0 unspecified atom stereocenters. The van der Waals surface area contributed by atoms with E-state index in [4.69, 9.17) is 16.5 Å².